The second-order valence-electron chi connectivity index (χ2n) is 4.17. The van der Waals surface area contributed by atoms with Crippen molar-refractivity contribution in [3.8, 4) is 0 Å². The maximum absolute atomic E-state index is 6.16. The molecular weight excluding hydrogens is 252 g/mol. The van der Waals surface area contributed by atoms with Crippen molar-refractivity contribution in [2.24, 2.45) is 5.73 Å². The van der Waals surface area contributed by atoms with E-state index in [0.717, 1.165) is 24.1 Å². The summed E-state index contributed by atoms with van der Waals surface area (Å²) in [5.74, 6) is 0.498. The zero-order chi connectivity index (χ0) is 10.8. The number of benzene rings is 1. The average molecular weight is 269 g/mol. The first-order valence-electron chi connectivity index (χ1n) is 5.44. The first kappa shape index (κ1) is 11.1. The van der Waals surface area contributed by atoms with Crippen molar-refractivity contribution >= 4 is 15.9 Å². The normalized spacial score (nSPS) is 27.1. The minimum absolute atomic E-state index is 0.283. The number of halogens is 1. The molecular formula is C12H17BrN2. The van der Waals surface area contributed by atoms with Crippen molar-refractivity contribution in [2.75, 3.05) is 19.6 Å². The molecule has 2 atom stereocenters. The van der Waals surface area contributed by atoms with E-state index in [4.69, 9.17) is 5.73 Å². The topological polar surface area (TPSA) is 29.3 Å². The van der Waals surface area contributed by atoms with Crippen molar-refractivity contribution in [2.45, 2.75) is 18.9 Å². The molecule has 15 heavy (non-hydrogen) atoms. The molecule has 2 nitrogen and oxygen atoms in total. The van der Waals surface area contributed by atoms with Crippen molar-refractivity contribution in [3.05, 3.63) is 34.3 Å². The van der Waals surface area contributed by atoms with Gasteiger partial charge in [-0.25, -0.2) is 0 Å². The molecule has 1 aliphatic heterocycles. The van der Waals surface area contributed by atoms with Crippen LogP contribution in [-0.4, -0.2) is 30.6 Å². The summed E-state index contributed by atoms with van der Waals surface area (Å²) in [6.07, 6.45) is 0. The van der Waals surface area contributed by atoms with Gasteiger partial charge in [-0.1, -0.05) is 35.0 Å². The van der Waals surface area contributed by atoms with Crippen LogP contribution >= 0.6 is 15.9 Å². The molecule has 1 saturated heterocycles. The van der Waals surface area contributed by atoms with Crippen LogP contribution in [0, 0.1) is 0 Å². The van der Waals surface area contributed by atoms with Gasteiger partial charge in [0.1, 0.15) is 0 Å². The highest BCUT2D eigenvalue weighted by Crippen LogP contribution is 2.27. The summed E-state index contributed by atoms with van der Waals surface area (Å²) >= 11 is 3.45. The molecule has 0 spiro atoms. The highest BCUT2D eigenvalue weighted by Gasteiger charge is 2.29. The van der Waals surface area contributed by atoms with E-state index in [1.54, 1.807) is 0 Å². The van der Waals surface area contributed by atoms with Crippen molar-refractivity contribution in [1.82, 2.24) is 4.90 Å². The Morgan fingerprint density at radius 1 is 1.33 bits per heavy atom. The zero-order valence-electron chi connectivity index (χ0n) is 8.99. The van der Waals surface area contributed by atoms with Crippen LogP contribution in [0.25, 0.3) is 0 Å². The molecule has 2 rings (SSSR count). The van der Waals surface area contributed by atoms with E-state index in [9.17, 15) is 0 Å². The molecule has 0 saturated carbocycles. The average Bonchev–Trinajstić information content (AvgIpc) is 2.61. The summed E-state index contributed by atoms with van der Waals surface area (Å²) in [7, 11) is 0. The molecule has 1 aromatic rings. The van der Waals surface area contributed by atoms with Crippen LogP contribution in [0.15, 0.2) is 28.7 Å². The summed E-state index contributed by atoms with van der Waals surface area (Å²) in [5, 5.41) is 0. The predicted octanol–water partition coefficient (Wildman–Crippen LogP) is 2.20. The van der Waals surface area contributed by atoms with Crippen LogP contribution < -0.4 is 5.73 Å². The largest absolute Gasteiger partial charge is 0.326 e. The Bertz CT molecular complexity index is 323. The predicted molar refractivity (Wildman–Crippen MR) is 67.0 cm³/mol. The van der Waals surface area contributed by atoms with E-state index in [1.807, 2.05) is 0 Å². The van der Waals surface area contributed by atoms with Crippen LogP contribution in [0.4, 0.5) is 0 Å². The van der Waals surface area contributed by atoms with Gasteiger partial charge in [-0.05, 0) is 24.2 Å². The Labute approximate surface area is 99.6 Å². The lowest BCUT2D eigenvalue weighted by molar-refractivity contribution is 0.350. The second kappa shape index (κ2) is 4.64. The van der Waals surface area contributed by atoms with Crippen LogP contribution in [0.2, 0.25) is 0 Å². The van der Waals surface area contributed by atoms with E-state index in [1.165, 1.54) is 5.56 Å². The Kier molecular flexibility index (Phi) is 3.44. The van der Waals surface area contributed by atoms with E-state index < -0.39 is 0 Å². The quantitative estimate of drug-likeness (QED) is 0.891. The van der Waals surface area contributed by atoms with E-state index >= 15 is 0 Å². The SMILES string of the molecule is CCN1CC(N)C(c2ccc(Br)cc2)C1. The number of hydrogen-bond acceptors (Lipinski definition) is 2. The smallest absolute Gasteiger partial charge is 0.0249 e. The minimum atomic E-state index is 0.283. The number of nitrogens with two attached hydrogens (primary N) is 1. The van der Waals surface area contributed by atoms with Crippen LogP contribution in [0.3, 0.4) is 0 Å². The lowest BCUT2D eigenvalue weighted by Gasteiger charge is -2.14. The summed E-state index contributed by atoms with van der Waals surface area (Å²) in [5.41, 5.74) is 7.52. The second-order valence-corrected chi connectivity index (χ2v) is 5.09. The van der Waals surface area contributed by atoms with Crippen molar-refractivity contribution in [1.29, 1.82) is 0 Å². The Hall–Kier alpha value is -0.380. The molecule has 0 radical (unpaired) electrons. The molecule has 0 aromatic heterocycles. The number of likely N-dealkylation sites (tertiary alicyclic amines) is 1. The summed E-state index contributed by atoms with van der Waals surface area (Å²) in [6, 6.07) is 8.82. The Balaban J connectivity index is 2.14. The summed E-state index contributed by atoms with van der Waals surface area (Å²) in [6.45, 7) is 5.41. The summed E-state index contributed by atoms with van der Waals surface area (Å²) < 4.78 is 1.13. The van der Waals surface area contributed by atoms with Crippen LogP contribution in [0.1, 0.15) is 18.4 Å². The van der Waals surface area contributed by atoms with E-state index in [0.29, 0.717) is 5.92 Å². The van der Waals surface area contributed by atoms with E-state index in [-0.39, 0.29) is 6.04 Å². The molecule has 2 N–H and O–H groups in total. The molecule has 0 aliphatic carbocycles. The molecule has 0 bridgehead atoms. The number of hydrogen-bond donors (Lipinski definition) is 1. The lowest BCUT2D eigenvalue weighted by Crippen LogP contribution is -2.28. The standard InChI is InChI=1S/C12H17BrN2/c1-2-15-7-11(12(14)8-15)9-3-5-10(13)6-4-9/h3-6,11-12H,2,7-8,14H2,1H3. The molecule has 1 fully saturated rings. The zero-order valence-corrected chi connectivity index (χ0v) is 10.6. The fourth-order valence-corrected chi connectivity index (χ4v) is 2.50. The van der Waals surface area contributed by atoms with E-state index in [2.05, 4.69) is 52.0 Å². The van der Waals surface area contributed by atoms with Gasteiger partial charge in [-0.2, -0.15) is 0 Å². The molecule has 82 valence electrons. The highest BCUT2D eigenvalue weighted by molar-refractivity contribution is 9.10. The first-order valence-corrected chi connectivity index (χ1v) is 6.23. The summed E-state index contributed by atoms with van der Waals surface area (Å²) in [4.78, 5) is 2.41. The molecule has 1 aromatic carbocycles. The Morgan fingerprint density at radius 2 is 2.00 bits per heavy atom. The highest BCUT2D eigenvalue weighted by atomic mass is 79.9. The number of rotatable bonds is 2. The number of nitrogens with zero attached hydrogens (tertiary/aromatic N) is 1. The molecule has 1 heterocycles. The van der Waals surface area contributed by atoms with Gasteiger partial charge in [0, 0.05) is 29.5 Å². The fraction of sp³-hybridized carbons (Fsp3) is 0.500. The molecule has 1 aliphatic rings. The van der Waals surface area contributed by atoms with Gasteiger partial charge in [-0.15, -0.1) is 0 Å². The van der Waals surface area contributed by atoms with Crippen molar-refractivity contribution in [3.63, 3.8) is 0 Å². The molecule has 2 unspecified atom stereocenters. The first-order chi connectivity index (χ1) is 7.20. The Morgan fingerprint density at radius 3 is 2.53 bits per heavy atom. The molecule has 3 heteroatoms. The fourth-order valence-electron chi connectivity index (χ4n) is 2.23. The third kappa shape index (κ3) is 2.41. The lowest BCUT2D eigenvalue weighted by atomic mass is 9.95. The van der Waals surface area contributed by atoms with Crippen LogP contribution in [0.5, 0.6) is 0 Å². The monoisotopic (exact) mass is 268 g/mol. The van der Waals surface area contributed by atoms with Gasteiger partial charge >= 0.3 is 0 Å². The van der Waals surface area contributed by atoms with Gasteiger partial charge in [0.15, 0.2) is 0 Å². The maximum Gasteiger partial charge on any atom is 0.0249 e. The van der Waals surface area contributed by atoms with Gasteiger partial charge in [0.05, 0.1) is 0 Å². The van der Waals surface area contributed by atoms with Gasteiger partial charge < -0.3 is 10.6 Å². The minimum Gasteiger partial charge on any atom is -0.326 e. The third-order valence-corrected chi connectivity index (χ3v) is 3.71. The van der Waals surface area contributed by atoms with Gasteiger partial charge in [0.2, 0.25) is 0 Å². The van der Waals surface area contributed by atoms with Crippen LogP contribution in [-0.2, 0) is 0 Å². The number of likely N-dealkylation sites (N-methyl/N-ethyl adjacent to an activating group) is 1. The van der Waals surface area contributed by atoms with Crippen molar-refractivity contribution < 1.29 is 0 Å². The maximum atomic E-state index is 6.16. The van der Waals surface area contributed by atoms with Gasteiger partial charge in [0.25, 0.3) is 0 Å². The molecule has 0 amide bonds. The van der Waals surface area contributed by atoms with Gasteiger partial charge in [-0.3, -0.25) is 0 Å². The third-order valence-electron chi connectivity index (χ3n) is 3.19.